The van der Waals surface area contributed by atoms with E-state index in [1.807, 2.05) is 6.07 Å². The Hall–Kier alpha value is -1.51. The van der Waals surface area contributed by atoms with Gasteiger partial charge < -0.3 is 0 Å². The van der Waals surface area contributed by atoms with Gasteiger partial charge in [0.25, 0.3) is 0 Å². The van der Waals surface area contributed by atoms with Gasteiger partial charge in [-0.15, -0.1) is 0 Å². The molecule has 1 aromatic carbocycles. The van der Waals surface area contributed by atoms with Crippen LogP contribution in [0, 0.1) is 0 Å². The Kier molecular flexibility index (Phi) is 6.07. The summed E-state index contributed by atoms with van der Waals surface area (Å²) < 4.78 is 0. The third kappa shape index (κ3) is 4.82. The summed E-state index contributed by atoms with van der Waals surface area (Å²) in [5.74, 6) is 0. The van der Waals surface area contributed by atoms with Crippen LogP contribution < -0.4 is 0 Å². The number of hydrogen-bond donors (Lipinski definition) is 0. The van der Waals surface area contributed by atoms with Crippen LogP contribution in [0.15, 0.2) is 35.4 Å². The molecule has 0 radical (unpaired) electrons. The Bertz CT molecular complexity index is 330. The molecule has 0 bridgehead atoms. The Labute approximate surface area is 96.5 Å². The number of nitrogens with zero attached hydrogens (tertiary/aromatic N) is 4. The largest absolute Gasteiger partial charge is 0.298 e. The van der Waals surface area contributed by atoms with E-state index in [-0.39, 0.29) is 0 Å². The molecular formula is C12H18N4. The Balaban J connectivity index is 2.25. The second-order valence-electron chi connectivity index (χ2n) is 3.67. The van der Waals surface area contributed by atoms with Crippen LogP contribution in [0.3, 0.4) is 0 Å². The first-order chi connectivity index (χ1) is 7.86. The molecule has 0 fully saturated rings. The highest BCUT2D eigenvalue weighted by molar-refractivity contribution is 5.14. The van der Waals surface area contributed by atoms with Crippen LogP contribution in [0.1, 0.15) is 18.9 Å². The maximum absolute atomic E-state index is 8.25. The highest BCUT2D eigenvalue weighted by atomic mass is 15.3. The second-order valence-corrected chi connectivity index (χ2v) is 3.67. The summed E-state index contributed by atoms with van der Waals surface area (Å²) in [6.45, 7) is 4.45. The van der Waals surface area contributed by atoms with Crippen molar-refractivity contribution in [2.75, 3.05) is 19.8 Å². The SMILES string of the molecule is CCN(CCCc1ccccc1)CN=[N+]=[N-]. The van der Waals surface area contributed by atoms with Gasteiger partial charge in [-0.2, -0.15) is 0 Å². The topological polar surface area (TPSA) is 52.0 Å². The van der Waals surface area contributed by atoms with E-state index in [0.29, 0.717) is 6.67 Å². The van der Waals surface area contributed by atoms with Crippen LogP contribution in [0.25, 0.3) is 10.4 Å². The van der Waals surface area contributed by atoms with E-state index in [9.17, 15) is 0 Å². The molecule has 1 rings (SSSR count). The quantitative estimate of drug-likeness (QED) is 0.394. The molecule has 0 spiro atoms. The van der Waals surface area contributed by atoms with Gasteiger partial charge in [0.2, 0.25) is 0 Å². The van der Waals surface area contributed by atoms with Gasteiger partial charge in [0.05, 0.1) is 6.67 Å². The van der Waals surface area contributed by atoms with Crippen LogP contribution in [-0.4, -0.2) is 24.7 Å². The lowest BCUT2D eigenvalue weighted by atomic mass is 10.1. The minimum atomic E-state index is 0.474. The van der Waals surface area contributed by atoms with Crippen molar-refractivity contribution in [1.29, 1.82) is 0 Å². The molecule has 0 aliphatic carbocycles. The molecule has 4 heteroatoms. The van der Waals surface area contributed by atoms with Crippen molar-refractivity contribution in [1.82, 2.24) is 4.90 Å². The molecule has 16 heavy (non-hydrogen) atoms. The zero-order valence-electron chi connectivity index (χ0n) is 9.71. The molecule has 0 aliphatic rings. The van der Waals surface area contributed by atoms with E-state index in [2.05, 4.69) is 46.1 Å². The Morgan fingerprint density at radius 3 is 2.69 bits per heavy atom. The third-order valence-electron chi connectivity index (χ3n) is 2.56. The van der Waals surface area contributed by atoms with Crippen molar-refractivity contribution in [3.05, 3.63) is 46.3 Å². The first-order valence-corrected chi connectivity index (χ1v) is 5.64. The average molecular weight is 218 g/mol. The highest BCUT2D eigenvalue weighted by Gasteiger charge is 2.00. The fourth-order valence-corrected chi connectivity index (χ4v) is 1.60. The molecule has 0 unspecified atom stereocenters. The van der Waals surface area contributed by atoms with Crippen molar-refractivity contribution in [3.8, 4) is 0 Å². The molecular weight excluding hydrogens is 200 g/mol. The van der Waals surface area contributed by atoms with Crippen molar-refractivity contribution in [3.63, 3.8) is 0 Å². The lowest BCUT2D eigenvalue weighted by Crippen LogP contribution is -2.24. The number of azide groups is 1. The van der Waals surface area contributed by atoms with Crippen molar-refractivity contribution in [2.24, 2.45) is 5.11 Å². The van der Waals surface area contributed by atoms with E-state index in [4.69, 9.17) is 5.53 Å². The standard InChI is InChI=1S/C12H18N4/c1-2-16(11-14-15-13)10-6-9-12-7-4-3-5-8-12/h3-5,7-8H,2,6,9-11H2,1H3. The molecule has 0 amide bonds. The fraction of sp³-hybridized carbons (Fsp3) is 0.500. The molecule has 0 aromatic heterocycles. The second kappa shape index (κ2) is 7.74. The predicted octanol–water partition coefficient (Wildman–Crippen LogP) is 3.21. The van der Waals surface area contributed by atoms with Gasteiger partial charge in [0.1, 0.15) is 0 Å². The Morgan fingerprint density at radius 1 is 1.31 bits per heavy atom. The van der Waals surface area contributed by atoms with Gasteiger partial charge in [0, 0.05) is 4.91 Å². The third-order valence-corrected chi connectivity index (χ3v) is 2.56. The highest BCUT2D eigenvalue weighted by Crippen LogP contribution is 2.03. The molecule has 4 nitrogen and oxygen atoms in total. The lowest BCUT2D eigenvalue weighted by molar-refractivity contribution is 0.293. The van der Waals surface area contributed by atoms with Gasteiger partial charge >= 0.3 is 0 Å². The van der Waals surface area contributed by atoms with E-state index in [1.54, 1.807) is 0 Å². The summed E-state index contributed by atoms with van der Waals surface area (Å²) in [7, 11) is 0. The van der Waals surface area contributed by atoms with Crippen molar-refractivity contribution in [2.45, 2.75) is 19.8 Å². The number of hydrogen-bond acceptors (Lipinski definition) is 2. The zero-order valence-corrected chi connectivity index (χ0v) is 9.71. The molecule has 1 aromatic rings. The summed E-state index contributed by atoms with van der Waals surface area (Å²) in [4.78, 5) is 4.91. The first kappa shape index (κ1) is 12.6. The molecule has 0 N–H and O–H groups in total. The monoisotopic (exact) mass is 218 g/mol. The maximum atomic E-state index is 8.25. The van der Waals surface area contributed by atoms with Crippen LogP contribution in [0.2, 0.25) is 0 Å². The number of benzene rings is 1. The minimum absolute atomic E-state index is 0.474. The summed E-state index contributed by atoms with van der Waals surface area (Å²) in [5.41, 5.74) is 9.61. The van der Waals surface area contributed by atoms with Crippen LogP contribution in [0.5, 0.6) is 0 Å². The normalized spacial score (nSPS) is 10.1. The molecule has 0 saturated carbocycles. The molecule has 0 saturated heterocycles. The summed E-state index contributed by atoms with van der Waals surface area (Å²) in [6, 6.07) is 10.4. The Morgan fingerprint density at radius 2 is 2.06 bits per heavy atom. The van der Waals surface area contributed by atoms with E-state index in [1.165, 1.54) is 5.56 Å². The number of rotatable bonds is 7. The summed E-state index contributed by atoms with van der Waals surface area (Å²) >= 11 is 0. The minimum Gasteiger partial charge on any atom is -0.298 e. The lowest BCUT2D eigenvalue weighted by Gasteiger charge is -2.17. The fourth-order valence-electron chi connectivity index (χ4n) is 1.60. The zero-order chi connectivity index (χ0) is 11.6. The van der Waals surface area contributed by atoms with Crippen LogP contribution >= 0.6 is 0 Å². The van der Waals surface area contributed by atoms with Gasteiger partial charge in [-0.25, -0.2) is 0 Å². The smallest absolute Gasteiger partial charge is 0.0773 e. The van der Waals surface area contributed by atoms with E-state index >= 15 is 0 Å². The van der Waals surface area contributed by atoms with Gasteiger partial charge in [-0.1, -0.05) is 42.4 Å². The molecule has 86 valence electrons. The molecule has 0 atom stereocenters. The van der Waals surface area contributed by atoms with Gasteiger partial charge in [-0.3, -0.25) is 4.90 Å². The molecule has 0 heterocycles. The van der Waals surface area contributed by atoms with Gasteiger partial charge in [0.15, 0.2) is 0 Å². The van der Waals surface area contributed by atoms with Gasteiger partial charge in [-0.05, 0) is 37.0 Å². The van der Waals surface area contributed by atoms with E-state index in [0.717, 1.165) is 25.9 Å². The molecule has 0 aliphatic heterocycles. The maximum Gasteiger partial charge on any atom is 0.0773 e. The van der Waals surface area contributed by atoms with Crippen molar-refractivity contribution < 1.29 is 0 Å². The van der Waals surface area contributed by atoms with Crippen molar-refractivity contribution >= 4 is 0 Å². The first-order valence-electron chi connectivity index (χ1n) is 5.64. The average Bonchev–Trinajstić information content (AvgIpc) is 2.35. The van der Waals surface area contributed by atoms with Crippen LogP contribution in [-0.2, 0) is 6.42 Å². The summed E-state index contributed by atoms with van der Waals surface area (Å²) in [5, 5.41) is 3.58. The van der Waals surface area contributed by atoms with E-state index < -0.39 is 0 Å². The number of aryl methyl sites for hydroxylation is 1. The summed E-state index contributed by atoms with van der Waals surface area (Å²) in [6.07, 6.45) is 2.17. The predicted molar refractivity (Wildman–Crippen MR) is 66.0 cm³/mol. The van der Waals surface area contributed by atoms with Crippen LogP contribution in [0.4, 0.5) is 0 Å².